The number of rotatable bonds is 5. The molecule has 2 aromatic rings. The Bertz CT molecular complexity index is 604. The second-order valence-corrected chi connectivity index (χ2v) is 4.56. The zero-order valence-electron chi connectivity index (χ0n) is 11.3. The molecular formula is C15H15ClO4. The van der Waals surface area contributed by atoms with Crippen LogP contribution in [0.3, 0.4) is 0 Å². The zero-order valence-corrected chi connectivity index (χ0v) is 12.1. The van der Waals surface area contributed by atoms with E-state index in [-0.39, 0.29) is 5.76 Å². The quantitative estimate of drug-likeness (QED) is 0.789. The molecule has 4 nitrogen and oxygen atoms in total. The molecule has 0 saturated carbocycles. The number of esters is 1. The minimum atomic E-state index is -0.461. The number of furan rings is 1. The molecule has 0 aliphatic carbocycles. The molecule has 0 saturated heterocycles. The van der Waals surface area contributed by atoms with E-state index in [0.29, 0.717) is 23.8 Å². The molecular weight excluding hydrogens is 280 g/mol. The summed E-state index contributed by atoms with van der Waals surface area (Å²) in [7, 11) is 1.60. The molecule has 1 heterocycles. The highest BCUT2D eigenvalue weighted by Crippen LogP contribution is 2.25. The molecule has 0 N–H and O–H groups in total. The molecule has 0 spiro atoms. The summed E-state index contributed by atoms with van der Waals surface area (Å²) in [6.45, 7) is 2.07. The fourth-order valence-electron chi connectivity index (χ4n) is 1.86. The highest BCUT2D eigenvalue weighted by Gasteiger charge is 2.13. The van der Waals surface area contributed by atoms with E-state index in [1.54, 1.807) is 38.3 Å². The van der Waals surface area contributed by atoms with E-state index >= 15 is 0 Å². The average Bonchev–Trinajstić information content (AvgIpc) is 2.88. The SMILES string of the molecule is CCOC(=O)c1ccc(Cc2cc(Cl)ccc2OC)o1. The van der Waals surface area contributed by atoms with Crippen LogP contribution in [0.15, 0.2) is 34.7 Å². The largest absolute Gasteiger partial charge is 0.496 e. The first kappa shape index (κ1) is 14.5. The van der Waals surface area contributed by atoms with E-state index < -0.39 is 5.97 Å². The Morgan fingerprint density at radius 2 is 2.10 bits per heavy atom. The fourth-order valence-corrected chi connectivity index (χ4v) is 2.05. The molecule has 1 aromatic heterocycles. The second-order valence-electron chi connectivity index (χ2n) is 4.12. The van der Waals surface area contributed by atoms with Gasteiger partial charge >= 0.3 is 5.97 Å². The van der Waals surface area contributed by atoms with Gasteiger partial charge in [0.15, 0.2) is 0 Å². The van der Waals surface area contributed by atoms with E-state index in [0.717, 1.165) is 11.3 Å². The maximum Gasteiger partial charge on any atom is 0.374 e. The number of methoxy groups -OCH3 is 1. The van der Waals surface area contributed by atoms with Crippen LogP contribution < -0.4 is 4.74 Å². The number of ether oxygens (including phenoxy) is 2. The van der Waals surface area contributed by atoms with Gasteiger partial charge < -0.3 is 13.9 Å². The Labute approximate surface area is 122 Å². The fraction of sp³-hybridized carbons (Fsp3) is 0.267. The van der Waals surface area contributed by atoms with Gasteiger partial charge in [0.1, 0.15) is 11.5 Å². The lowest BCUT2D eigenvalue weighted by atomic mass is 10.1. The molecule has 0 atom stereocenters. The van der Waals surface area contributed by atoms with Gasteiger partial charge in [-0.15, -0.1) is 0 Å². The number of benzene rings is 1. The Kier molecular flexibility index (Phi) is 4.69. The first-order chi connectivity index (χ1) is 9.63. The van der Waals surface area contributed by atoms with Crippen LogP contribution in [-0.2, 0) is 11.2 Å². The molecule has 0 aliphatic heterocycles. The number of hydrogen-bond acceptors (Lipinski definition) is 4. The summed E-state index contributed by atoms with van der Waals surface area (Å²) in [5.41, 5.74) is 0.893. The van der Waals surface area contributed by atoms with Crippen molar-refractivity contribution in [2.75, 3.05) is 13.7 Å². The van der Waals surface area contributed by atoms with Crippen molar-refractivity contribution in [2.45, 2.75) is 13.3 Å². The van der Waals surface area contributed by atoms with Crippen molar-refractivity contribution >= 4 is 17.6 Å². The van der Waals surface area contributed by atoms with Crippen molar-refractivity contribution in [1.29, 1.82) is 0 Å². The summed E-state index contributed by atoms with van der Waals surface area (Å²) in [5, 5.41) is 0.623. The number of carbonyl (C=O) groups is 1. The molecule has 2 rings (SSSR count). The minimum Gasteiger partial charge on any atom is -0.496 e. The van der Waals surface area contributed by atoms with Crippen molar-refractivity contribution in [3.05, 3.63) is 52.4 Å². The van der Waals surface area contributed by atoms with Gasteiger partial charge in [-0.2, -0.15) is 0 Å². The molecule has 20 heavy (non-hydrogen) atoms. The van der Waals surface area contributed by atoms with Gasteiger partial charge in [-0.3, -0.25) is 0 Å². The third kappa shape index (κ3) is 3.33. The first-order valence-electron chi connectivity index (χ1n) is 6.22. The van der Waals surface area contributed by atoms with Crippen molar-refractivity contribution in [3.63, 3.8) is 0 Å². The third-order valence-electron chi connectivity index (χ3n) is 2.75. The predicted octanol–water partition coefficient (Wildman–Crippen LogP) is 3.71. The van der Waals surface area contributed by atoms with Crippen LogP contribution in [0, 0.1) is 0 Å². The van der Waals surface area contributed by atoms with Gasteiger partial charge in [-0.1, -0.05) is 11.6 Å². The maximum absolute atomic E-state index is 11.5. The summed E-state index contributed by atoms with van der Waals surface area (Å²) in [6.07, 6.45) is 0.489. The molecule has 0 unspecified atom stereocenters. The lowest BCUT2D eigenvalue weighted by molar-refractivity contribution is 0.0488. The van der Waals surface area contributed by atoms with Crippen molar-refractivity contribution in [3.8, 4) is 5.75 Å². The molecule has 0 bridgehead atoms. The molecule has 5 heteroatoms. The zero-order chi connectivity index (χ0) is 14.5. The molecule has 0 aliphatic rings. The Morgan fingerprint density at radius 3 is 2.80 bits per heavy atom. The molecule has 106 valence electrons. The minimum absolute atomic E-state index is 0.197. The van der Waals surface area contributed by atoms with Crippen molar-refractivity contribution in [1.82, 2.24) is 0 Å². The number of halogens is 1. The Morgan fingerprint density at radius 1 is 1.30 bits per heavy atom. The lowest BCUT2D eigenvalue weighted by Crippen LogP contribution is -2.02. The van der Waals surface area contributed by atoms with Crippen LogP contribution in [0.1, 0.15) is 28.8 Å². The molecule has 0 fully saturated rings. The van der Waals surface area contributed by atoms with Gasteiger partial charge in [0.2, 0.25) is 5.76 Å². The summed E-state index contributed by atoms with van der Waals surface area (Å²) < 4.78 is 15.6. The highest BCUT2D eigenvalue weighted by molar-refractivity contribution is 6.30. The monoisotopic (exact) mass is 294 g/mol. The maximum atomic E-state index is 11.5. The highest BCUT2D eigenvalue weighted by atomic mass is 35.5. The Balaban J connectivity index is 2.18. The van der Waals surface area contributed by atoms with E-state index in [1.807, 2.05) is 6.07 Å². The van der Waals surface area contributed by atoms with E-state index in [4.69, 9.17) is 25.5 Å². The smallest absolute Gasteiger partial charge is 0.374 e. The van der Waals surface area contributed by atoms with Crippen molar-refractivity contribution < 1.29 is 18.7 Å². The predicted molar refractivity (Wildman–Crippen MR) is 75.5 cm³/mol. The standard InChI is InChI=1S/C15H15ClO4/c1-3-19-15(17)14-7-5-12(20-14)9-10-8-11(16)4-6-13(10)18-2/h4-8H,3,9H2,1-2H3. The van der Waals surface area contributed by atoms with Gasteiger partial charge in [0.25, 0.3) is 0 Å². The lowest BCUT2D eigenvalue weighted by Gasteiger charge is -2.07. The summed E-state index contributed by atoms with van der Waals surface area (Å²) in [5.74, 6) is 1.11. The van der Waals surface area contributed by atoms with Crippen LogP contribution in [-0.4, -0.2) is 19.7 Å². The van der Waals surface area contributed by atoms with E-state index in [2.05, 4.69) is 0 Å². The van der Waals surface area contributed by atoms with Crippen LogP contribution in [0.25, 0.3) is 0 Å². The third-order valence-corrected chi connectivity index (χ3v) is 2.98. The van der Waals surface area contributed by atoms with Crippen LogP contribution >= 0.6 is 11.6 Å². The summed E-state index contributed by atoms with van der Waals surface area (Å²) in [4.78, 5) is 11.5. The normalized spacial score (nSPS) is 10.3. The number of hydrogen-bond donors (Lipinski definition) is 0. The molecule has 1 aromatic carbocycles. The van der Waals surface area contributed by atoms with Gasteiger partial charge in [-0.25, -0.2) is 4.79 Å². The van der Waals surface area contributed by atoms with Crippen LogP contribution in [0.4, 0.5) is 0 Å². The summed E-state index contributed by atoms with van der Waals surface area (Å²) >= 11 is 5.98. The van der Waals surface area contributed by atoms with Gasteiger partial charge in [0, 0.05) is 17.0 Å². The molecule has 0 amide bonds. The van der Waals surface area contributed by atoms with Gasteiger partial charge in [-0.05, 0) is 37.3 Å². The van der Waals surface area contributed by atoms with Crippen LogP contribution in [0.2, 0.25) is 5.02 Å². The summed E-state index contributed by atoms with van der Waals surface area (Å²) in [6, 6.07) is 8.72. The van der Waals surface area contributed by atoms with E-state index in [1.165, 1.54) is 0 Å². The van der Waals surface area contributed by atoms with E-state index in [9.17, 15) is 4.79 Å². The average molecular weight is 295 g/mol. The van der Waals surface area contributed by atoms with Gasteiger partial charge in [0.05, 0.1) is 13.7 Å². The second kappa shape index (κ2) is 6.48. The Hall–Kier alpha value is -1.94. The van der Waals surface area contributed by atoms with Crippen LogP contribution in [0.5, 0.6) is 5.75 Å². The topological polar surface area (TPSA) is 48.7 Å². The molecule has 0 radical (unpaired) electrons. The number of carbonyl (C=O) groups excluding carboxylic acids is 1. The first-order valence-corrected chi connectivity index (χ1v) is 6.60. The van der Waals surface area contributed by atoms with Crippen molar-refractivity contribution in [2.24, 2.45) is 0 Å².